The van der Waals surface area contributed by atoms with Gasteiger partial charge in [-0.2, -0.15) is 4.31 Å². The number of benzene rings is 2. The molecule has 1 atom stereocenters. The Morgan fingerprint density at radius 3 is 2.44 bits per heavy atom. The Labute approximate surface area is 191 Å². The molecule has 8 nitrogen and oxygen atoms in total. The predicted molar refractivity (Wildman–Crippen MR) is 124 cm³/mol. The number of carbonyl (C=O) groups excluding carboxylic acids is 1. The minimum absolute atomic E-state index is 0.0234. The van der Waals surface area contributed by atoms with Gasteiger partial charge in [-0.1, -0.05) is 17.8 Å². The quantitative estimate of drug-likeness (QED) is 0.576. The molecule has 1 amide bonds. The number of thiazole rings is 1. The van der Waals surface area contributed by atoms with E-state index in [0.29, 0.717) is 34.3 Å². The van der Waals surface area contributed by atoms with Gasteiger partial charge < -0.3 is 9.47 Å². The number of hydrogen-bond acceptors (Lipinski definition) is 7. The molecule has 2 aromatic carbocycles. The highest BCUT2D eigenvalue weighted by atomic mass is 32.2. The van der Waals surface area contributed by atoms with Gasteiger partial charge in [0.1, 0.15) is 21.7 Å². The van der Waals surface area contributed by atoms with Crippen molar-refractivity contribution in [2.45, 2.75) is 37.1 Å². The van der Waals surface area contributed by atoms with E-state index in [2.05, 4.69) is 10.3 Å². The van der Waals surface area contributed by atoms with Crippen LogP contribution in [0.4, 0.5) is 5.13 Å². The lowest BCUT2D eigenvalue weighted by molar-refractivity contribution is 0.102. The molecule has 1 aliphatic rings. The summed E-state index contributed by atoms with van der Waals surface area (Å²) in [5.41, 5.74) is 0.943. The number of fused-ring (bicyclic) bond motifs is 1. The number of anilines is 1. The van der Waals surface area contributed by atoms with Crippen LogP contribution < -0.4 is 14.8 Å². The summed E-state index contributed by atoms with van der Waals surface area (Å²) >= 11 is 1.28. The van der Waals surface area contributed by atoms with Gasteiger partial charge in [-0.25, -0.2) is 13.4 Å². The Bertz CT molecular complexity index is 1200. The van der Waals surface area contributed by atoms with E-state index in [0.717, 1.165) is 24.0 Å². The van der Waals surface area contributed by atoms with Crippen LogP contribution in [0.25, 0.3) is 10.2 Å². The second-order valence-corrected chi connectivity index (χ2v) is 10.5. The summed E-state index contributed by atoms with van der Waals surface area (Å²) in [4.78, 5) is 17.4. The van der Waals surface area contributed by atoms with Crippen molar-refractivity contribution in [2.75, 3.05) is 26.1 Å². The lowest BCUT2D eigenvalue weighted by Gasteiger charge is -2.32. The molecule has 1 saturated heterocycles. The molecule has 1 unspecified atom stereocenters. The normalized spacial score (nSPS) is 17.3. The van der Waals surface area contributed by atoms with E-state index in [1.54, 1.807) is 30.7 Å². The maximum absolute atomic E-state index is 13.0. The van der Waals surface area contributed by atoms with Crippen LogP contribution >= 0.6 is 11.3 Å². The van der Waals surface area contributed by atoms with Crippen molar-refractivity contribution >= 4 is 42.6 Å². The third-order valence-electron chi connectivity index (χ3n) is 5.60. The lowest BCUT2D eigenvalue weighted by Crippen LogP contribution is -2.41. The average Bonchev–Trinajstić information content (AvgIpc) is 3.22. The van der Waals surface area contributed by atoms with Gasteiger partial charge in [-0.05, 0) is 56.2 Å². The number of methoxy groups -OCH3 is 2. The molecule has 1 N–H and O–H groups in total. The maximum Gasteiger partial charge on any atom is 0.257 e. The monoisotopic (exact) mass is 475 g/mol. The topological polar surface area (TPSA) is 97.8 Å². The summed E-state index contributed by atoms with van der Waals surface area (Å²) < 4.78 is 39.0. The Morgan fingerprint density at radius 1 is 1.09 bits per heavy atom. The van der Waals surface area contributed by atoms with Gasteiger partial charge in [-0.3, -0.25) is 10.1 Å². The van der Waals surface area contributed by atoms with Crippen LogP contribution in [0, 0.1) is 0 Å². The van der Waals surface area contributed by atoms with Crippen molar-refractivity contribution in [2.24, 2.45) is 0 Å². The molecule has 4 rings (SSSR count). The minimum atomic E-state index is -3.58. The highest BCUT2D eigenvalue weighted by molar-refractivity contribution is 7.89. The van der Waals surface area contributed by atoms with Gasteiger partial charge >= 0.3 is 0 Å². The molecular weight excluding hydrogens is 450 g/mol. The van der Waals surface area contributed by atoms with Crippen molar-refractivity contribution in [3.8, 4) is 11.5 Å². The van der Waals surface area contributed by atoms with Crippen LogP contribution in [-0.2, 0) is 10.0 Å². The molecule has 2 heterocycles. The van der Waals surface area contributed by atoms with E-state index in [1.807, 2.05) is 6.92 Å². The molecule has 1 aromatic heterocycles. The zero-order valence-corrected chi connectivity index (χ0v) is 19.8. The fraction of sp³-hybridized carbons (Fsp3) is 0.364. The van der Waals surface area contributed by atoms with Gasteiger partial charge in [0.15, 0.2) is 5.13 Å². The number of carbonyl (C=O) groups is 1. The average molecular weight is 476 g/mol. The molecule has 1 fully saturated rings. The summed E-state index contributed by atoms with van der Waals surface area (Å²) in [7, 11) is -0.458. The van der Waals surface area contributed by atoms with E-state index in [1.165, 1.54) is 35.6 Å². The predicted octanol–water partition coefficient (Wildman–Crippen LogP) is 4.13. The lowest BCUT2D eigenvalue weighted by atomic mass is 10.1. The number of nitrogens with zero attached hydrogens (tertiary/aromatic N) is 2. The van der Waals surface area contributed by atoms with Crippen LogP contribution in [0.2, 0.25) is 0 Å². The van der Waals surface area contributed by atoms with Crippen molar-refractivity contribution < 1.29 is 22.7 Å². The maximum atomic E-state index is 13.0. The van der Waals surface area contributed by atoms with Crippen LogP contribution in [0.5, 0.6) is 11.5 Å². The van der Waals surface area contributed by atoms with Crippen molar-refractivity contribution in [3.05, 3.63) is 42.0 Å². The van der Waals surface area contributed by atoms with E-state index in [4.69, 9.17) is 9.47 Å². The number of sulfonamides is 1. The Balaban J connectivity index is 1.55. The van der Waals surface area contributed by atoms with Crippen LogP contribution in [0.3, 0.4) is 0 Å². The molecule has 10 heteroatoms. The first-order valence-electron chi connectivity index (χ1n) is 10.3. The third kappa shape index (κ3) is 4.17. The summed E-state index contributed by atoms with van der Waals surface area (Å²) in [5.74, 6) is 0.844. The zero-order valence-electron chi connectivity index (χ0n) is 18.1. The Morgan fingerprint density at radius 2 is 1.78 bits per heavy atom. The Hall–Kier alpha value is -2.69. The van der Waals surface area contributed by atoms with E-state index < -0.39 is 10.0 Å². The van der Waals surface area contributed by atoms with Gasteiger partial charge in [-0.15, -0.1) is 0 Å². The molecule has 1 aliphatic heterocycles. The van der Waals surface area contributed by atoms with Crippen molar-refractivity contribution in [1.29, 1.82) is 0 Å². The molecular formula is C22H25N3O5S2. The number of piperidine rings is 1. The molecule has 0 spiro atoms. The first-order valence-corrected chi connectivity index (χ1v) is 12.6. The van der Waals surface area contributed by atoms with Gasteiger partial charge in [0.05, 0.1) is 19.1 Å². The smallest absolute Gasteiger partial charge is 0.257 e. The number of nitrogens with one attached hydrogen (secondary N) is 1. The van der Waals surface area contributed by atoms with Crippen LogP contribution in [0.15, 0.2) is 41.3 Å². The second kappa shape index (κ2) is 9.05. The third-order valence-corrected chi connectivity index (χ3v) is 8.61. The summed E-state index contributed by atoms with van der Waals surface area (Å²) in [6, 6.07) is 9.52. The standard InChI is InChI=1S/C22H25N3O5S2/c1-14-6-4-5-13-25(14)32(27,28)16-9-7-15(8-10-16)21(26)24-22-23-19-17(29-2)11-12-18(30-3)20(19)31-22/h7-12,14H,4-6,13H2,1-3H3,(H,23,24,26). The molecule has 170 valence electrons. The summed E-state index contributed by atoms with van der Waals surface area (Å²) in [5, 5.41) is 3.17. The molecule has 32 heavy (non-hydrogen) atoms. The van der Waals surface area contributed by atoms with E-state index >= 15 is 0 Å². The molecule has 0 bridgehead atoms. The number of aromatic nitrogens is 1. The highest BCUT2D eigenvalue weighted by Crippen LogP contribution is 2.39. The minimum Gasteiger partial charge on any atom is -0.495 e. The Kier molecular flexibility index (Phi) is 6.36. The van der Waals surface area contributed by atoms with Crippen LogP contribution in [-0.4, -0.2) is 50.4 Å². The summed E-state index contributed by atoms with van der Waals surface area (Å²) in [6.45, 7) is 2.46. The second-order valence-electron chi connectivity index (χ2n) is 7.61. The first kappa shape index (κ1) is 22.5. The SMILES string of the molecule is COc1ccc(OC)c2sc(NC(=O)c3ccc(S(=O)(=O)N4CCCCC4C)cc3)nc12. The summed E-state index contributed by atoms with van der Waals surface area (Å²) in [6.07, 6.45) is 2.76. The number of hydrogen-bond donors (Lipinski definition) is 1. The van der Waals surface area contributed by atoms with Crippen LogP contribution in [0.1, 0.15) is 36.5 Å². The van der Waals surface area contributed by atoms with E-state index in [9.17, 15) is 13.2 Å². The largest absolute Gasteiger partial charge is 0.495 e. The van der Waals surface area contributed by atoms with E-state index in [-0.39, 0.29) is 16.8 Å². The molecule has 3 aromatic rings. The fourth-order valence-corrected chi connectivity index (χ4v) is 6.52. The molecule has 0 aliphatic carbocycles. The van der Waals surface area contributed by atoms with Crippen molar-refractivity contribution in [3.63, 3.8) is 0 Å². The highest BCUT2D eigenvalue weighted by Gasteiger charge is 2.31. The molecule has 0 radical (unpaired) electrons. The zero-order chi connectivity index (χ0) is 22.9. The van der Waals surface area contributed by atoms with Gasteiger partial charge in [0.25, 0.3) is 5.91 Å². The van der Waals surface area contributed by atoms with Gasteiger partial charge in [0, 0.05) is 18.2 Å². The van der Waals surface area contributed by atoms with Crippen molar-refractivity contribution in [1.82, 2.24) is 9.29 Å². The number of amides is 1. The molecule has 0 saturated carbocycles. The number of rotatable bonds is 6. The fourth-order valence-electron chi connectivity index (χ4n) is 3.85. The van der Waals surface area contributed by atoms with Gasteiger partial charge in [0.2, 0.25) is 10.0 Å². The number of ether oxygens (including phenoxy) is 2. The first-order chi connectivity index (χ1) is 15.3.